The summed E-state index contributed by atoms with van der Waals surface area (Å²) in [4.78, 5) is 18.7. The topological polar surface area (TPSA) is 78.1 Å². The lowest BCUT2D eigenvalue weighted by Crippen LogP contribution is -2.42. The van der Waals surface area contributed by atoms with Crippen LogP contribution in [0.25, 0.3) is 11.5 Å². The van der Waals surface area contributed by atoms with E-state index in [1.54, 1.807) is 4.90 Å². The predicted octanol–water partition coefficient (Wildman–Crippen LogP) is 2.87. The zero-order chi connectivity index (χ0) is 19.1. The number of likely N-dealkylation sites (tertiary alicyclic amines) is 1. The lowest BCUT2D eigenvalue weighted by Gasteiger charge is -2.33. The zero-order valence-electron chi connectivity index (χ0n) is 16.5. The Bertz CT molecular complexity index is 793. The number of hydrogen-bond donors (Lipinski definition) is 0. The van der Waals surface area contributed by atoms with Gasteiger partial charge in [0.15, 0.2) is 5.82 Å². The summed E-state index contributed by atoms with van der Waals surface area (Å²) in [5.74, 6) is 1.58. The standard InChI is InChI=1S/C18H28N6O2/c1-12-11-15(22(6)20-12)16-19-13(2)21-24(16)14-7-9-23(10-8-14)17(25)26-18(3,4)5/h11,14H,7-10H2,1-6H3. The largest absolute Gasteiger partial charge is 0.444 e. The third kappa shape index (κ3) is 3.89. The Morgan fingerprint density at radius 2 is 1.85 bits per heavy atom. The van der Waals surface area contributed by atoms with Gasteiger partial charge in [0, 0.05) is 20.1 Å². The van der Waals surface area contributed by atoms with E-state index in [-0.39, 0.29) is 12.1 Å². The predicted molar refractivity (Wildman–Crippen MR) is 97.8 cm³/mol. The van der Waals surface area contributed by atoms with Crippen molar-refractivity contribution in [3.8, 4) is 11.5 Å². The maximum absolute atomic E-state index is 12.3. The molecule has 1 aliphatic heterocycles. The maximum atomic E-state index is 12.3. The second-order valence-corrected chi connectivity index (χ2v) is 7.92. The van der Waals surface area contributed by atoms with Gasteiger partial charge in [-0.15, -0.1) is 0 Å². The van der Waals surface area contributed by atoms with Gasteiger partial charge in [0.1, 0.15) is 17.1 Å². The van der Waals surface area contributed by atoms with Crippen LogP contribution in [0.4, 0.5) is 4.79 Å². The van der Waals surface area contributed by atoms with Crippen molar-refractivity contribution >= 4 is 6.09 Å². The molecule has 0 saturated carbocycles. The minimum Gasteiger partial charge on any atom is -0.444 e. The highest BCUT2D eigenvalue weighted by Gasteiger charge is 2.29. The first-order valence-corrected chi connectivity index (χ1v) is 9.06. The molecule has 26 heavy (non-hydrogen) atoms. The summed E-state index contributed by atoms with van der Waals surface area (Å²) < 4.78 is 9.31. The number of nitrogens with zero attached hydrogens (tertiary/aromatic N) is 6. The molecule has 3 heterocycles. The van der Waals surface area contributed by atoms with Gasteiger partial charge in [-0.3, -0.25) is 4.68 Å². The fourth-order valence-corrected chi connectivity index (χ4v) is 3.30. The summed E-state index contributed by atoms with van der Waals surface area (Å²) in [6, 6.07) is 2.23. The molecule has 142 valence electrons. The molecule has 8 nitrogen and oxygen atoms in total. The molecule has 8 heteroatoms. The number of carbonyl (C=O) groups excluding carboxylic acids is 1. The van der Waals surface area contributed by atoms with Crippen LogP contribution in [0.15, 0.2) is 6.07 Å². The van der Waals surface area contributed by atoms with E-state index < -0.39 is 5.60 Å². The fourth-order valence-electron chi connectivity index (χ4n) is 3.30. The number of carbonyl (C=O) groups is 1. The number of amides is 1. The van der Waals surface area contributed by atoms with E-state index in [9.17, 15) is 4.79 Å². The summed E-state index contributed by atoms with van der Waals surface area (Å²) in [5.41, 5.74) is 1.44. The van der Waals surface area contributed by atoms with Crippen LogP contribution >= 0.6 is 0 Å². The molecule has 1 fully saturated rings. The van der Waals surface area contributed by atoms with E-state index in [2.05, 4.69) is 15.2 Å². The van der Waals surface area contributed by atoms with Gasteiger partial charge in [-0.05, 0) is 53.5 Å². The Morgan fingerprint density at radius 3 is 2.38 bits per heavy atom. The van der Waals surface area contributed by atoms with Crippen molar-refractivity contribution in [1.29, 1.82) is 0 Å². The van der Waals surface area contributed by atoms with Crippen molar-refractivity contribution in [2.75, 3.05) is 13.1 Å². The van der Waals surface area contributed by atoms with E-state index in [4.69, 9.17) is 4.74 Å². The van der Waals surface area contributed by atoms with Gasteiger partial charge < -0.3 is 9.64 Å². The molecule has 1 saturated heterocycles. The van der Waals surface area contributed by atoms with Crippen LogP contribution in [0.2, 0.25) is 0 Å². The van der Waals surface area contributed by atoms with Crippen LogP contribution in [-0.4, -0.2) is 54.2 Å². The number of piperidine rings is 1. The molecule has 3 rings (SSSR count). The van der Waals surface area contributed by atoms with Gasteiger partial charge >= 0.3 is 6.09 Å². The Kier molecular flexibility index (Phi) is 4.77. The minimum atomic E-state index is -0.471. The second kappa shape index (κ2) is 6.74. The molecular formula is C18H28N6O2. The van der Waals surface area contributed by atoms with Crippen molar-refractivity contribution in [2.45, 2.75) is 59.1 Å². The minimum absolute atomic E-state index is 0.208. The summed E-state index contributed by atoms with van der Waals surface area (Å²) >= 11 is 0. The second-order valence-electron chi connectivity index (χ2n) is 7.92. The van der Waals surface area contributed by atoms with Crippen LogP contribution < -0.4 is 0 Å². The SMILES string of the molecule is Cc1cc(-c2nc(C)nn2C2CCN(C(=O)OC(C)(C)C)CC2)n(C)n1. The van der Waals surface area contributed by atoms with Gasteiger partial charge in [-0.25, -0.2) is 14.5 Å². The van der Waals surface area contributed by atoms with Crippen molar-refractivity contribution < 1.29 is 9.53 Å². The molecule has 1 aliphatic rings. The molecule has 0 spiro atoms. The normalized spacial score (nSPS) is 16.2. The molecular weight excluding hydrogens is 332 g/mol. The molecule has 2 aromatic rings. The van der Waals surface area contributed by atoms with E-state index in [1.807, 2.05) is 57.1 Å². The van der Waals surface area contributed by atoms with E-state index >= 15 is 0 Å². The molecule has 0 N–H and O–H groups in total. The fraction of sp³-hybridized carbons (Fsp3) is 0.667. The van der Waals surface area contributed by atoms with E-state index in [0.29, 0.717) is 13.1 Å². The van der Waals surface area contributed by atoms with Crippen molar-refractivity contribution in [2.24, 2.45) is 7.05 Å². The molecule has 2 aromatic heterocycles. The van der Waals surface area contributed by atoms with Gasteiger partial charge in [-0.1, -0.05) is 0 Å². The number of hydrogen-bond acceptors (Lipinski definition) is 5. The van der Waals surface area contributed by atoms with Crippen molar-refractivity contribution in [3.63, 3.8) is 0 Å². The molecule has 0 aliphatic carbocycles. The highest BCUT2D eigenvalue weighted by Crippen LogP contribution is 2.28. The van der Waals surface area contributed by atoms with Crippen LogP contribution in [0, 0.1) is 13.8 Å². The number of ether oxygens (including phenoxy) is 1. The average molecular weight is 360 g/mol. The van der Waals surface area contributed by atoms with Crippen molar-refractivity contribution in [3.05, 3.63) is 17.6 Å². The molecule has 0 aromatic carbocycles. The first-order chi connectivity index (χ1) is 12.1. The summed E-state index contributed by atoms with van der Waals surface area (Å²) in [6.45, 7) is 10.8. The first kappa shape index (κ1) is 18.4. The molecule has 0 atom stereocenters. The summed E-state index contributed by atoms with van der Waals surface area (Å²) in [7, 11) is 1.92. The maximum Gasteiger partial charge on any atom is 0.410 e. The number of rotatable bonds is 2. The lowest BCUT2D eigenvalue weighted by atomic mass is 10.1. The van der Waals surface area contributed by atoms with Crippen LogP contribution in [0.5, 0.6) is 0 Å². The molecule has 0 bridgehead atoms. The number of aryl methyl sites for hydroxylation is 3. The first-order valence-electron chi connectivity index (χ1n) is 9.06. The summed E-state index contributed by atoms with van der Waals surface area (Å²) in [5, 5.41) is 9.04. The Hall–Kier alpha value is -2.38. The number of aromatic nitrogens is 5. The average Bonchev–Trinajstić information content (AvgIpc) is 3.07. The summed E-state index contributed by atoms with van der Waals surface area (Å²) in [6.07, 6.45) is 1.41. The van der Waals surface area contributed by atoms with Crippen LogP contribution in [-0.2, 0) is 11.8 Å². The quantitative estimate of drug-likeness (QED) is 0.823. The third-order valence-electron chi connectivity index (χ3n) is 4.43. The van der Waals surface area contributed by atoms with Crippen LogP contribution in [0.3, 0.4) is 0 Å². The van der Waals surface area contributed by atoms with E-state index in [0.717, 1.165) is 35.9 Å². The van der Waals surface area contributed by atoms with E-state index in [1.165, 1.54) is 0 Å². The van der Waals surface area contributed by atoms with Gasteiger partial charge in [0.25, 0.3) is 0 Å². The molecule has 0 unspecified atom stereocenters. The van der Waals surface area contributed by atoms with Gasteiger partial charge in [0.2, 0.25) is 0 Å². The third-order valence-corrected chi connectivity index (χ3v) is 4.43. The monoisotopic (exact) mass is 360 g/mol. The zero-order valence-corrected chi connectivity index (χ0v) is 16.5. The Balaban J connectivity index is 1.74. The molecule has 1 amide bonds. The lowest BCUT2D eigenvalue weighted by molar-refractivity contribution is 0.0185. The highest BCUT2D eigenvalue weighted by molar-refractivity contribution is 5.68. The highest BCUT2D eigenvalue weighted by atomic mass is 16.6. The Labute approximate surface area is 154 Å². The molecule has 0 radical (unpaired) electrons. The van der Waals surface area contributed by atoms with Crippen molar-refractivity contribution in [1.82, 2.24) is 29.4 Å². The smallest absolute Gasteiger partial charge is 0.410 e. The van der Waals surface area contributed by atoms with Gasteiger partial charge in [-0.2, -0.15) is 10.2 Å². The Morgan fingerprint density at radius 1 is 1.19 bits per heavy atom. The van der Waals surface area contributed by atoms with Gasteiger partial charge in [0.05, 0.1) is 11.7 Å². The van der Waals surface area contributed by atoms with Crippen LogP contribution in [0.1, 0.15) is 51.2 Å².